The smallest absolute Gasteiger partial charge is 0.239 e. The Hall–Kier alpha value is -2.66. The molecule has 120 valence electrons. The van der Waals surface area contributed by atoms with Crippen LogP contribution in [-0.2, 0) is 27.1 Å². The van der Waals surface area contributed by atoms with E-state index in [0.29, 0.717) is 17.7 Å². The largest absolute Gasteiger partial charge is 0.337 e. The second kappa shape index (κ2) is 7.07. The third kappa shape index (κ3) is 4.93. The van der Waals surface area contributed by atoms with E-state index in [1.807, 2.05) is 6.07 Å². The summed E-state index contributed by atoms with van der Waals surface area (Å²) in [7, 11) is -3.78. The number of nitriles is 1. The number of hydrogen-bond donors (Lipinski definition) is 1. The summed E-state index contributed by atoms with van der Waals surface area (Å²) < 4.78 is 27.9. The highest BCUT2D eigenvalue weighted by Gasteiger charge is 2.20. The molecule has 2 rings (SSSR count). The lowest BCUT2D eigenvalue weighted by Gasteiger charge is -2.13. The number of amides is 1. The number of sulfonamides is 1. The molecule has 0 radical (unpaired) electrons. The summed E-state index contributed by atoms with van der Waals surface area (Å²) >= 11 is 0. The topological polar surface area (TPSA) is 105 Å². The molecule has 0 saturated heterocycles. The lowest BCUT2D eigenvalue weighted by atomic mass is 10.2. The van der Waals surface area contributed by atoms with Gasteiger partial charge in [-0.15, -0.1) is 0 Å². The van der Waals surface area contributed by atoms with Crippen LogP contribution in [0.3, 0.4) is 0 Å². The molecule has 23 heavy (non-hydrogen) atoms. The molecular weight excluding hydrogens is 316 g/mol. The van der Waals surface area contributed by atoms with Gasteiger partial charge in [-0.1, -0.05) is 19.1 Å². The average molecular weight is 332 g/mol. The molecule has 0 aliphatic heterocycles. The van der Waals surface area contributed by atoms with Crippen LogP contribution in [0.1, 0.15) is 18.1 Å². The van der Waals surface area contributed by atoms with Crippen LogP contribution in [0.25, 0.3) is 0 Å². The Morgan fingerprint density at radius 2 is 2.09 bits per heavy atom. The van der Waals surface area contributed by atoms with Crippen LogP contribution in [0.2, 0.25) is 0 Å². The molecule has 2 aromatic rings. The molecule has 8 heteroatoms. The Morgan fingerprint density at radius 3 is 2.65 bits per heavy atom. The van der Waals surface area contributed by atoms with E-state index >= 15 is 0 Å². The van der Waals surface area contributed by atoms with Crippen LogP contribution in [0.4, 0.5) is 0 Å². The second-order valence-corrected chi connectivity index (χ2v) is 6.92. The summed E-state index contributed by atoms with van der Waals surface area (Å²) in [5, 5.41) is 8.71. The number of benzene rings is 1. The van der Waals surface area contributed by atoms with E-state index in [1.54, 1.807) is 42.3 Å². The summed E-state index contributed by atoms with van der Waals surface area (Å²) in [5.41, 5.74) is 0.954. The van der Waals surface area contributed by atoms with Gasteiger partial charge in [-0.05, 0) is 17.7 Å². The highest BCUT2D eigenvalue weighted by atomic mass is 32.2. The number of rotatable bonds is 6. The van der Waals surface area contributed by atoms with Gasteiger partial charge in [0.2, 0.25) is 15.9 Å². The Labute approximate surface area is 134 Å². The van der Waals surface area contributed by atoms with Crippen molar-refractivity contribution in [2.24, 2.45) is 5.92 Å². The van der Waals surface area contributed by atoms with E-state index in [4.69, 9.17) is 5.26 Å². The van der Waals surface area contributed by atoms with Crippen LogP contribution in [0.15, 0.2) is 43.0 Å². The molecule has 0 aliphatic carbocycles. The number of carbonyl (C=O) groups is 1. The van der Waals surface area contributed by atoms with Crippen molar-refractivity contribution in [1.29, 1.82) is 5.26 Å². The predicted octanol–water partition coefficient (Wildman–Crippen LogP) is 1.04. The third-order valence-electron chi connectivity index (χ3n) is 3.19. The van der Waals surface area contributed by atoms with Gasteiger partial charge >= 0.3 is 0 Å². The molecule has 1 unspecified atom stereocenters. The first-order valence-corrected chi connectivity index (χ1v) is 8.54. The Balaban J connectivity index is 1.96. The highest BCUT2D eigenvalue weighted by molar-refractivity contribution is 7.89. The number of nitrogens with one attached hydrogen (secondary N) is 1. The standard InChI is InChI=1S/C15H16N4O3S/c1-12(9-19-7-6-17-11-19)15(20)18-23(21,22)10-14-4-2-13(8-16)3-5-14/h2-7,11-12H,9-10H2,1H3,(H,18,20). The number of imidazole rings is 1. The molecule has 1 atom stereocenters. The first-order chi connectivity index (χ1) is 10.9. The Kier molecular flexibility index (Phi) is 5.13. The minimum absolute atomic E-state index is 0.317. The molecule has 7 nitrogen and oxygen atoms in total. The second-order valence-electron chi connectivity index (χ2n) is 5.19. The van der Waals surface area contributed by atoms with Crippen molar-refractivity contribution in [2.45, 2.75) is 19.2 Å². The first kappa shape index (κ1) is 16.7. The fraction of sp³-hybridized carbons (Fsp3) is 0.267. The molecule has 0 spiro atoms. The van der Waals surface area contributed by atoms with Gasteiger partial charge in [0, 0.05) is 18.9 Å². The summed E-state index contributed by atoms with van der Waals surface area (Å²) in [4.78, 5) is 15.9. The molecular formula is C15H16N4O3S. The predicted molar refractivity (Wildman–Crippen MR) is 83.3 cm³/mol. The number of aromatic nitrogens is 2. The van der Waals surface area contributed by atoms with Gasteiger partial charge in [-0.25, -0.2) is 13.4 Å². The highest BCUT2D eigenvalue weighted by Crippen LogP contribution is 2.08. The van der Waals surface area contributed by atoms with E-state index in [9.17, 15) is 13.2 Å². The van der Waals surface area contributed by atoms with E-state index in [1.165, 1.54) is 12.1 Å². The van der Waals surface area contributed by atoms with Crippen molar-refractivity contribution in [3.8, 4) is 6.07 Å². The monoisotopic (exact) mass is 332 g/mol. The van der Waals surface area contributed by atoms with Crippen molar-refractivity contribution in [2.75, 3.05) is 0 Å². The number of nitrogens with zero attached hydrogens (tertiary/aromatic N) is 3. The summed E-state index contributed by atoms with van der Waals surface area (Å²) in [6.07, 6.45) is 4.86. The molecule has 0 fully saturated rings. The molecule has 0 aliphatic rings. The SMILES string of the molecule is CC(Cn1ccnc1)C(=O)NS(=O)(=O)Cc1ccc(C#N)cc1. The van der Waals surface area contributed by atoms with Crippen molar-refractivity contribution >= 4 is 15.9 Å². The van der Waals surface area contributed by atoms with Crippen molar-refractivity contribution in [3.63, 3.8) is 0 Å². The number of carbonyl (C=O) groups excluding carboxylic acids is 1. The van der Waals surface area contributed by atoms with Crippen LogP contribution >= 0.6 is 0 Å². The zero-order chi connectivity index (χ0) is 16.9. The molecule has 1 aromatic carbocycles. The van der Waals surface area contributed by atoms with Crippen LogP contribution in [0, 0.1) is 17.2 Å². The maximum absolute atomic E-state index is 12.1. The summed E-state index contributed by atoms with van der Waals surface area (Å²) in [6, 6.07) is 8.14. The van der Waals surface area contributed by atoms with Crippen molar-refractivity contribution < 1.29 is 13.2 Å². The van der Waals surface area contributed by atoms with Gasteiger partial charge in [0.05, 0.1) is 29.6 Å². The van der Waals surface area contributed by atoms with Crippen LogP contribution in [0.5, 0.6) is 0 Å². The van der Waals surface area contributed by atoms with Crippen molar-refractivity contribution in [3.05, 3.63) is 54.1 Å². The maximum atomic E-state index is 12.1. The van der Waals surface area contributed by atoms with Gasteiger partial charge in [0.25, 0.3) is 0 Å². The number of hydrogen-bond acceptors (Lipinski definition) is 5. The van der Waals surface area contributed by atoms with E-state index in [-0.39, 0.29) is 5.75 Å². The molecule has 0 bridgehead atoms. The molecule has 1 amide bonds. The quantitative estimate of drug-likeness (QED) is 0.851. The molecule has 1 N–H and O–H groups in total. The Bertz CT molecular complexity index is 805. The summed E-state index contributed by atoms with van der Waals surface area (Å²) in [6.45, 7) is 1.99. The van der Waals surface area contributed by atoms with E-state index in [2.05, 4.69) is 9.71 Å². The maximum Gasteiger partial charge on any atom is 0.239 e. The lowest BCUT2D eigenvalue weighted by molar-refractivity contribution is -0.123. The fourth-order valence-corrected chi connectivity index (χ4v) is 3.19. The van der Waals surface area contributed by atoms with Crippen molar-refractivity contribution in [1.82, 2.24) is 14.3 Å². The third-order valence-corrected chi connectivity index (χ3v) is 4.41. The summed E-state index contributed by atoms with van der Waals surface area (Å²) in [5.74, 6) is -1.39. The van der Waals surface area contributed by atoms with E-state index in [0.717, 1.165) is 0 Å². The van der Waals surface area contributed by atoms with Crippen LogP contribution < -0.4 is 4.72 Å². The normalized spacial score (nSPS) is 12.3. The van der Waals surface area contributed by atoms with Gasteiger partial charge in [0.1, 0.15) is 0 Å². The minimum Gasteiger partial charge on any atom is -0.337 e. The van der Waals surface area contributed by atoms with Crippen LogP contribution in [-0.4, -0.2) is 23.9 Å². The molecule has 1 aromatic heterocycles. The first-order valence-electron chi connectivity index (χ1n) is 6.89. The Morgan fingerprint density at radius 1 is 1.39 bits per heavy atom. The molecule has 1 heterocycles. The average Bonchev–Trinajstić information content (AvgIpc) is 3.00. The molecule has 0 saturated carbocycles. The zero-order valence-electron chi connectivity index (χ0n) is 12.5. The van der Waals surface area contributed by atoms with Gasteiger partial charge < -0.3 is 4.57 Å². The van der Waals surface area contributed by atoms with Gasteiger partial charge in [-0.3, -0.25) is 9.52 Å². The van der Waals surface area contributed by atoms with E-state index < -0.39 is 21.8 Å². The minimum atomic E-state index is -3.78. The zero-order valence-corrected chi connectivity index (χ0v) is 13.3. The van der Waals surface area contributed by atoms with Gasteiger partial charge in [0.15, 0.2) is 0 Å². The lowest BCUT2D eigenvalue weighted by Crippen LogP contribution is -2.36. The van der Waals surface area contributed by atoms with Gasteiger partial charge in [-0.2, -0.15) is 5.26 Å². The fourth-order valence-electron chi connectivity index (χ4n) is 1.98.